The highest BCUT2D eigenvalue weighted by molar-refractivity contribution is 6.10. The molecular weight excluding hydrogens is 272 g/mol. The number of carbonyl (C=O) groups is 1. The lowest BCUT2D eigenvalue weighted by Gasteiger charge is -2.22. The van der Waals surface area contributed by atoms with Crippen molar-refractivity contribution in [1.29, 1.82) is 0 Å². The number of amides is 1. The second kappa shape index (κ2) is 5.68. The molecule has 0 bridgehead atoms. The molecule has 2 aromatic carbocycles. The zero-order valence-corrected chi connectivity index (χ0v) is 13.1. The highest BCUT2D eigenvalue weighted by Crippen LogP contribution is 2.27. The molecular formula is C19H20N2O. The molecule has 3 nitrogen and oxygen atoms in total. The molecule has 0 aromatic heterocycles. The normalized spacial score (nSPS) is 17.6. The van der Waals surface area contributed by atoms with Crippen LogP contribution in [0.15, 0.2) is 60.3 Å². The van der Waals surface area contributed by atoms with Crippen LogP contribution in [0.3, 0.4) is 0 Å². The van der Waals surface area contributed by atoms with Crippen molar-refractivity contribution in [2.24, 2.45) is 0 Å². The van der Waals surface area contributed by atoms with E-state index in [-0.39, 0.29) is 11.9 Å². The summed E-state index contributed by atoms with van der Waals surface area (Å²) < 4.78 is 0. The molecule has 112 valence electrons. The van der Waals surface area contributed by atoms with E-state index in [1.807, 2.05) is 80.3 Å². The predicted molar refractivity (Wildman–Crippen MR) is 91.0 cm³/mol. The maximum absolute atomic E-state index is 12.7. The number of nitrogens with one attached hydrogen (secondary N) is 1. The van der Waals surface area contributed by atoms with Crippen LogP contribution in [-0.4, -0.2) is 11.9 Å². The first-order chi connectivity index (χ1) is 10.5. The zero-order valence-electron chi connectivity index (χ0n) is 13.1. The SMILES string of the molecule is Cc1ccc(NC2=CC(C)N(c3ccc(C)cc3)C2=O)cc1. The fraction of sp³-hybridized carbons (Fsp3) is 0.211. The number of rotatable bonds is 3. The molecule has 1 heterocycles. The van der Waals surface area contributed by atoms with E-state index in [1.165, 1.54) is 11.1 Å². The first-order valence-electron chi connectivity index (χ1n) is 7.50. The van der Waals surface area contributed by atoms with Crippen LogP contribution in [0.25, 0.3) is 0 Å². The van der Waals surface area contributed by atoms with E-state index in [1.54, 1.807) is 0 Å². The second-order valence-electron chi connectivity index (χ2n) is 5.82. The van der Waals surface area contributed by atoms with Gasteiger partial charge in [0.1, 0.15) is 5.70 Å². The van der Waals surface area contributed by atoms with Gasteiger partial charge in [0, 0.05) is 11.4 Å². The van der Waals surface area contributed by atoms with E-state index in [9.17, 15) is 4.79 Å². The molecule has 1 atom stereocenters. The van der Waals surface area contributed by atoms with Crippen LogP contribution in [0, 0.1) is 13.8 Å². The molecule has 0 radical (unpaired) electrons. The Kier molecular flexibility index (Phi) is 3.72. The number of hydrogen-bond acceptors (Lipinski definition) is 2. The molecule has 1 amide bonds. The molecule has 1 N–H and O–H groups in total. The average Bonchev–Trinajstić information content (AvgIpc) is 2.77. The summed E-state index contributed by atoms with van der Waals surface area (Å²) in [5, 5.41) is 3.23. The standard InChI is InChI=1S/C19H20N2O/c1-13-4-8-16(9-5-13)20-18-12-15(3)21(19(18)22)17-10-6-14(2)7-11-17/h4-12,15,20H,1-3H3. The molecule has 22 heavy (non-hydrogen) atoms. The van der Waals surface area contributed by atoms with Gasteiger partial charge in [-0.25, -0.2) is 0 Å². The van der Waals surface area contributed by atoms with Crippen LogP contribution in [0.4, 0.5) is 11.4 Å². The maximum Gasteiger partial charge on any atom is 0.274 e. The molecule has 0 saturated heterocycles. The summed E-state index contributed by atoms with van der Waals surface area (Å²) in [5.41, 5.74) is 4.89. The van der Waals surface area contributed by atoms with Crippen LogP contribution in [0.1, 0.15) is 18.1 Å². The van der Waals surface area contributed by atoms with Crippen molar-refractivity contribution in [3.8, 4) is 0 Å². The minimum Gasteiger partial charge on any atom is -0.351 e. The number of aryl methyl sites for hydroxylation is 2. The first kappa shape index (κ1) is 14.4. The Hall–Kier alpha value is -2.55. The van der Waals surface area contributed by atoms with Crippen LogP contribution in [0.2, 0.25) is 0 Å². The Balaban J connectivity index is 1.80. The number of carbonyl (C=O) groups excluding carboxylic acids is 1. The van der Waals surface area contributed by atoms with Gasteiger partial charge in [-0.15, -0.1) is 0 Å². The lowest BCUT2D eigenvalue weighted by molar-refractivity contribution is -0.114. The van der Waals surface area contributed by atoms with E-state index < -0.39 is 0 Å². The van der Waals surface area contributed by atoms with Gasteiger partial charge in [0.05, 0.1) is 6.04 Å². The molecule has 3 rings (SSSR count). The summed E-state index contributed by atoms with van der Waals surface area (Å²) in [6, 6.07) is 16.1. The fourth-order valence-corrected chi connectivity index (χ4v) is 2.65. The third-order valence-corrected chi connectivity index (χ3v) is 3.91. The molecule has 1 unspecified atom stereocenters. The minimum atomic E-state index is 0.0110. The third kappa shape index (κ3) is 2.75. The van der Waals surface area contributed by atoms with Crippen molar-refractivity contribution in [3.63, 3.8) is 0 Å². The maximum atomic E-state index is 12.7. The Bertz CT molecular complexity index is 714. The van der Waals surface area contributed by atoms with E-state index in [0.29, 0.717) is 5.70 Å². The topological polar surface area (TPSA) is 32.3 Å². The van der Waals surface area contributed by atoms with Gasteiger partial charge >= 0.3 is 0 Å². The van der Waals surface area contributed by atoms with Gasteiger partial charge in [0.15, 0.2) is 0 Å². The van der Waals surface area contributed by atoms with Gasteiger partial charge in [0.2, 0.25) is 0 Å². The third-order valence-electron chi connectivity index (χ3n) is 3.91. The molecule has 1 aliphatic heterocycles. The molecule has 0 aliphatic carbocycles. The number of hydrogen-bond donors (Lipinski definition) is 1. The van der Waals surface area contributed by atoms with Crippen molar-refractivity contribution < 1.29 is 4.79 Å². The van der Waals surface area contributed by atoms with Gasteiger partial charge in [-0.2, -0.15) is 0 Å². The summed E-state index contributed by atoms with van der Waals surface area (Å²) in [4.78, 5) is 14.5. The zero-order chi connectivity index (χ0) is 15.7. The highest BCUT2D eigenvalue weighted by atomic mass is 16.2. The molecule has 2 aromatic rings. The summed E-state index contributed by atoms with van der Waals surface area (Å²) in [7, 11) is 0. The fourth-order valence-electron chi connectivity index (χ4n) is 2.65. The second-order valence-corrected chi connectivity index (χ2v) is 5.82. The lowest BCUT2D eigenvalue weighted by Crippen LogP contribution is -2.33. The number of benzene rings is 2. The van der Waals surface area contributed by atoms with Gasteiger partial charge in [-0.3, -0.25) is 4.79 Å². The molecule has 0 fully saturated rings. The van der Waals surface area contributed by atoms with Crippen LogP contribution >= 0.6 is 0 Å². The van der Waals surface area contributed by atoms with E-state index in [4.69, 9.17) is 0 Å². The monoisotopic (exact) mass is 292 g/mol. The first-order valence-corrected chi connectivity index (χ1v) is 7.50. The Morgan fingerprint density at radius 2 is 1.45 bits per heavy atom. The van der Waals surface area contributed by atoms with Crippen molar-refractivity contribution in [2.75, 3.05) is 10.2 Å². The van der Waals surface area contributed by atoms with Gasteiger partial charge in [0.25, 0.3) is 5.91 Å². The van der Waals surface area contributed by atoms with Gasteiger partial charge in [-0.1, -0.05) is 35.4 Å². The van der Waals surface area contributed by atoms with E-state index >= 15 is 0 Å². The summed E-state index contributed by atoms with van der Waals surface area (Å²) in [6.07, 6.45) is 1.97. The van der Waals surface area contributed by atoms with Gasteiger partial charge < -0.3 is 10.2 Å². The van der Waals surface area contributed by atoms with E-state index in [0.717, 1.165) is 11.4 Å². The molecule has 0 spiro atoms. The van der Waals surface area contributed by atoms with Crippen molar-refractivity contribution in [2.45, 2.75) is 26.8 Å². The Morgan fingerprint density at radius 1 is 0.909 bits per heavy atom. The van der Waals surface area contributed by atoms with Crippen molar-refractivity contribution >= 4 is 17.3 Å². The minimum absolute atomic E-state index is 0.0110. The van der Waals surface area contributed by atoms with Crippen molar-refractivity contribution in [3.05, 3.63) is 71.4 Å². The van der Waals surface area contributed by atoms with Gasteiger partial charge in [-0.05, 0) is 51.1 Å². The summed E-state index contributed by atoms with van der Waals surface area (Å²) in [6.45, 7) is 6.12. The Labute approximate surface area is 131 Å². The van der Waals surface area contributed by atoms with Crippen LogP contribution < -0.4 is 10.2 Å². The molecule has 1 aliphatic rings. The van der Waals surface area contributed by atoms with Crippen LogP contribution in [0.5, 0.6) is 0 Å². The lowest BCUT2D eigenvalue weighted by atomic mass is 10.2. The molecule has 0 saturated carbocycles. The van der Waals surface area contributed by atoms with Crippen molar-refractivity contribution in [1.82, 2.24) is 0 Å². The number of nitrogens with zero attached hydrogens (tertiary/aromatic N) is 1. The smallest absolute Gasteiger partial charge is 0.274 e. The van der Waals surface area contributed by atoms with Crippen LogP contribution in [-0.2, 0) is 4.79 Å². The highest BCUT2D eigenvalue weighted by Gasteiger charge is 2.30. The Morgan fingerprint density at radius 3 is 2.05 bits per heavy atom. The largest absolute Gasteiger partial charge is 0.351 e. The quantitative estimate of drug-likeness (QED) is 0.926. The molecule has 3 heteroatoms. The summed E-state index contributed by atoms with van der Waals surface area (Å²) in [5.74, 6) is 0.0110. The summed E-state index contributed by atoms with van der Waals surface area (Å²) >= 11 is 0. The number of anilines is 2. The predicted octanol–water partition coefficient (Wildman–Crippen LogP) is 4.03. The van der Waals surface area contributed by atoms with E-state index in [2.05, 4.69) is 5.32 Å². The average molecular weight is 292 g/mol.